The monoisotopic (exact) mass is 541 g/mol. The van der Waals surface area contributed by atoms with E-state index in [1.807, 2.05) is 0 Å². The maximum absolute atomic E-state index is 12.3. The lowest BCUT2D eigenvalue weighted by Gasteiger charge is -2.39. The Morgan fingerprint density at radius 2 is 1.88 bits per heavy atom. The summed E-state index contributed by atoms with van der Waals surface area (Å²) in [6.07, 6.45) is -5.71. The summed E-state index contributed by atoms with van der Waals surface area (Å²) in [5.74, 6) is -0.354. The van der Waals surface area contributed by atoms with E-state index in [1.54, 1.807) is 47.2 Å². The highest BCUT2D eigenvalue weighted by Crippen LogP contribution is 2.41. The number of ether oxygens (including phenoxy) is 3. The summed E-state index contributed by atoms with van der Waals surface area (Å²) in [7, 11) is 1.29. The molecule has 0 amide bonds. The van der Waals surface area contributed by atoms with E-state index in [0.29, 0.717) is 31.6 Å². The summed E-state index contributed by atoms with van der Waals surface area (Å²) in [5.41, 5.74) is 1.38. The van der Waals surface area contributed by atoms with Crippen LogP contribution in [0.5, 0.6) is 5.75 Å². The van der Waals surface area contributed by atoms with Crippen molar-refractivity contribution in [3.8, 4) is 11.4 Å². The Labute approximate surface area is 201 Å². The Morgan fingerprint density at radius 3 is 2.58 bits per heavy atom. The fraction of sp³-hybridized carbons (Fsp3) is 0.318. The summed E-state index contributed by atoms with van der Waals surface area (Å²) < 4.78 is 18.5. The Morgan fingerprint density at radius 1 is 1.15 bits per heavy atom. The number of esters is 1. The zero-order valence-electron chi connectivity index (χ0n) is 17.3. The van der Waals surface area contributed by atoms with Crippen LogP contribution in [-0.4, -0.2) is 75.4 Å². The molecule has 5 atom stereocenters. The number of rotatable bonds is 5. The van der Waals surface area contributed by atoms with Crippen molar-refractivity contribution in [1.29, 1.82) is 0 Å². The lowest BCUT2D eigenvalue weighted by molar-refractivity contribution is -0.277. The summed E-state index contributed by atoms with van der Waals surface area (Å²) in [4.78, 5) is 12.3. The summed E-state index contributed by atoms with van der Waals surface area (Å²) in [5, 5.41) is 40.7. The number of hydrogen-bond donors (Lipinski definition) is 4. The van der Waals surface area contributed by atoms with Crippen molar-refractivity contribution in [3.63, 3.8) is 0 Å². The fourth-order valence-corrected chi connectivity index (χ4v) is 4.36. The van der Waals surface area contributed by atoms with Gasteiger partial charge in [0, 0.05) is 4.47 Å². The number of fused-ring (bicyclic) bond motifs is 1. The second kappa shape index (κ2) is 9.59. The van der Waals surface area contributed by atoms with Crippen LogP contribution in [0, 0.1) is 0 Å². The SMILES string of the molecule is COC(=O)c1ccccc1-n1cc(O[C@H]2O[C@@H](CO)[C@@H](O)[C@@H](O)[C@@H]2O)c2c(Cl)c(Br)ccc21. The Kier molecular flexibility index (Phi) is 6.96. The molecule has 4 N–H and O–H groups in total. The van der Waals surface area contributed by atoms with Crippen LogP contribution in [0.15, 0.2) is 47.1 Å². The van der Waals surface area contributed by atoms with Crippen LogP contribution in [0.2, 0.25) is 5.02 Å². The second-order valence-electron chi connectivity index (χ2n) is 7.44. The van der Waals surface area contributed by atoms with Crippen molar-refractivity contribution >= 4 is 44.4 Å². The van der Waals surface area contributed by atoms with E-state index in [-0.39, 0.29) is 5.75 Å². The number of carbonyl (C=O) groups excluding carboxylic acids is 1. The maximum atomic E-state index is 12.3. The van der Waals surface area contributed by atoms with Gasteiger partial charge in [0.05, 0.1) is 47.1 Å². The molecule has 1 aliphatic heterocycles. The second-order valence-corrected chi connectivity index (χ2v) is 8.68. The van der Waals surface area contributed by atoms with Crippen LogP contribution in [0.4, 0.5) is 0 Å². The number of benzene rings is 2. The first kappa shape index (κ1) is 24.0. The van der Waals surface area contributed by atoms with Gasteiger partial charge < -0.3 is 39.2 Å². The van der Waals surface area contributed by atoms with Gasteiger partial charge in [0.1, 0.15) is 30.2 Å². The molecule has 0 saturated carbocycles. The zero-order chi connectivity index (χ0) is 23.9. The quantitative estimate of drug-likeness (QED) is 0.360. The molecule has 33 heavy (non-hydrogen) atoms. The van der Waals surface area contributed by atoms with Crippen LogP contribution in [-0.2, 0) is 9.47 Å². The number of nitrogens with zero attached hydrogens (tertiary/aromatic N) is 1. The highest BCUT2D eigenvalue weighted by Gasteiger charge is 2.45. The first-order valence-electron chi connectivity index (χ1n) is 9.92. The van der Waals surface area contributed by atoms with Gasteiger partial charge in [-0.1, -0.05) is 23.7 Å². The minimum absolute atomic E-state index is 0.181. The molecule has 0 bridgehead atoms. The van der Waals surface area contributed by atoms with Crippen molar-refractivity contribution in [2.45, 2.75) is 30.7 Å². The molecule has 3 aromatic rings. The lowest BCUT2D eigenvalue weighted by atomic mass is 9.99. The zero-order valence-corrected chi connectivity index (χ0v) is 19.6. The van der Waals surface area contributed by atoms with Crippen LogP contribution in [0.3, 0.4) is 0 Å². The van der Waals surface area contributed by atoms with E-state index in [9.17, 15) is 25.2 Å². The molecule has 2 heterocycles. The topological polar surface area (TPSA) is 131 Å². The van der Waals surface area contributed by atoms with Crippen LogP contribution in [0.25, 0.3) is 16.6 Å². The first-order chi connectivity index (χ1) is 15.8. The molecular formula is C22H21BrClNO8. The standard InChI is InChI=1S/C22H21BrClNO8/c1-31-21(30)10-4-2-3-5-12(10)25-8-14(16-13(25)7-6-11(23)17(16)24)32-22-20(29)19(28)18(27)15(9-26)33-22/h2-8,15,18-20,22,26-29H,9H2,1H3/t15-,18+,19+,20-,22-/m0/s1. The van der Waals surface area contributed by atoms with E-state index >= 15 is 0 Å². The first-order valence-corrected chi connectivity index (χ1v) is 11.1. The largest absolute Gasteiger partial charge is 0.465 e. The highest BCUT2D eigenvalue weighted by molar-refractivity contribution is 9.10. The fourth-order valence-electron chi connectivity index (χ4n) is 3.77. The molecule has 11 heteroatoms. The number of para-hydroxylation sites is 1. The van der Waals surface area contributed by atoms with Gasteiger partial charge in [-0.3, -0.25) is 0 Å². The van der Waals surface area contributed by atoms with Crippen molar-refractivity contribution in [1.82, 2.24) is 4.57 Å². The Balaban J connectivity index is 1.84. The van der Waals surface area contributed by atoms with E-state index in [4.69, 9.17) is 25.8 Å². The van der Waals surface area contributed by atoms with E-state index in [1.165, 1.54) is 7.11 Å². The third-order valence-electron chi connectivity index (χ3n) is 5.49. The summed E-state index contributed by atoms with van der Waals surface area (Å²) in [6, 6.07) is 10.3. The molecule has 1 saturated heterocycles. The van der Waals surface area contributed by atoms with Gasteiger partial charge in [0.25, 0.3) is 0 Å². The third-order valence-corrected chi connectivity index (χ3v) is 6.77. The highest BCUT2D eigenvalue weighted by atomic mass is 79.9. The van der Waals surface area contributed by atoms with Gasteiger partial charge in [0.15, 0.2) is 0 Å². The molecule has 0 aliphatic carbocycles. The predicted octanol–water partition coefficient (Wildman–Crippen LogP) is 2.01. The molecule has 4 rings (SSSR count). The number of aliphatic hydroxyl groups is 4. The predicted molar refractivity (Wildman–Crippen MR) is 122 cm³/mol. The van der Waals surface area contributed by atoms with E-state index in [2.05, 4.69) is 15.9 Å². The van der Waals surface area contributed by atoms with Crippen molar-refractivity contribution in [3.05, 3.63) is 57.7 Å². The van der Waals surface area contributed by atoms with Gasteiger partial charge in [-0.05, 0) is 40.2 Å². The minimum Gasteiger partial charge on any atom is -0.465 e. The lowest BCUT2D eigenvalue weighted by Crippen LogP contribution is -2.60. The Hall–Kier alpha value is -2.18. The molecule has 0 radical (unpaired) electrons. The van der Waals surface area contributed by atoms with Crippen LogP contribution >= 0.6 is 27.5 Å². The molecule has 1 fully saturated rings. The maximum Gasteiger partial charge on any atom is 0.339 e. The van der Waals surface area contributed by atoms with Crippen LogP contribution in [0.1, 0.15) is 10.4 Å². The van der Waals surface area contributed by atoms with Crippen molar-refractivity contribution < 1.29 is 39.4 Å². The van der Waals surface area contributed by atoms with Crippen molar-refractivity contribution in [2.24, 2.45) is 0 Å². The smallest absolute Gasteiger partial charge is 0.339 e. The number of aromatic nitrogens is 1. The van der Waals surface area contributed by atoms with Crippen molar-refractivity contribution in [2.75, 3.05) is 13.7 Å². The van der Waals surface area contributed by atoms with E-state index < -0.39 is 43.3 Å². The average Bonchev–Trinajstić information content (AvgIpc) is 3.19. The third kappa shape index (κ3) is 4.24. The number of methoxy groups -OCH3 is 1. The normalized spacial score (nSPS) is 25.2. The molecule has 2 aromatic carbocycles. The molecular weight excluding hydrogens is 522 g/mol. The molecule has 0 unspecified atom stereocenters. The number of hydrogen-bond acceptors (Lipinski definition) is 8. The summed E-state index contributed by atoms with van der Waals surface area (Å²) in [6.45, 7) is -0.592. The van der Waals surface area contributed by atoms with E-state index in [0.717, 1.165) is 0 Å². The van der Waals surface area contributed by atoms with Gasteiger partial charge >= 0.3 is 5.97 Å². The number of aliphatic hydroxyl groups excluding tert-OH is 4. The minimum atomic E-state index is -1.60. The van der Waals surface area contributed by atoms with Gasteiger partial charge in [-0.2, -0.15) is 0 Å². The van der Waals surface area contributed by atoms with Gasteiger partial charge in [-0.25, -0.2) is 4.79 Å². The molecule has 1 aromatic heterocycles. The summed E-state index contributed by atoms with van der Waals surface area (Å²) >= 11 is 9.94. The Bertz CT molecular complexity index is 1180. The number of carbonyl (C=O) groups is 1. The molecule has 9 nitrogen and oxygen atoms in total. The van der Waals surface area contributed by atoms with Crippen LogP contribution < -0.4 is 4.74 Å². The molecule has 176 valence electrons. The van der Waals surface area contributed by atoms with Gasteiger partial charge in [0.2, 0.25) is 6.29 Å². The van der Waals surface area contributed by atoms with Gasteiger partial charge in [-0.15, -0.1) is 0 Å². The molecule has 0 spiro atoms. The number of halogens is 2. The average molecular weight is 543 g/mol. The molecule has 1 aliphatic rings.